The fraction of sp³-hybridized carbons (Fsp3) is 0.0417. The summed E-state index contributed by atoms with van der Waals surface area (Å²) < 4.78 is 0. The Labute approximate surface area is 169 Å². The predicted molar refractivity (Wildman–Crippen MR) is 119 cm³/mol. The number of benzene rings is 3. The van der Waals surface area contributed by atoms with Crippen molar-refractivity contribution in [1.29, 1.82) is 5.26 Å². The van der Waals surface area contributed by atoms with Crippen molar-refractivity contribution in [3.63, 3.8) is 0 Å². The predicted octanol–water partition coefficient (Wildman–Crippen LogP) is 6.12. The summed E-state index contributed by atoms with van der Waals surface area (Å²) >= 11 is 1.75. The molecule has 1 heterocycles. The second-order valence-corrected chi connectivity index (χ2v) is 7.57. The Morgan fingerprint density at radius 2 is 1.79 bits per heavy atom. The number of nitrogens with two attached hydrogens (primary N) is 1. The van der Waals surface area contributed by atoms with E-state index in [9.17, 15) is 5.26 Å². The van der Waals surface area contributed by atoms with Crippen LogP contribution in [0.4, 0.5) is 17.1 Å². The van der Waals surface area contributed by atoms with Crippen molar-refractivity contribution in [2.45, 2.75) is 9.79 Å². The van der Waals surface area contributed by atoms with E-state index in [0.717, 1.165) is 23.4 Å². The van der Waals surface area contributed by atoms with Crippen LogP contribution in [-0.2, 0) is 0 Å². The molecule has 28 heavy (non-hydrogen) atoms. The maximum absolute atomic E-state index is 9.62. The molecule has 3 aromatic carbocycles. The van der Waals surface area contributed by atoms with Gasteiger partial charge in [-0.25, -0.2) is 0 Å². The first-order valence-corrected chi connectivity index (χ1v) is 9.78. The zero-order valence-corrected chi connectivity index (χ0v) is 16.1. The maximum Gasteiger partial charge on any atom is 0.0998 e. The van der Waals surface area contributed by atoms with Crippen molar-refractivity contribution >= 4 is 40.5 Å². The van der Waals surface area contributed by atoms with Crippen molar-refractivity contribution in [1.82, 2.24) is 0 Å². The van der Waals surface area contributed by atoms with Gasteiger partial charge in [-0.15, -0.1) is 6.58 Å². The molecule has 0 unspecified atom stereocenters. The summed E-state index contributed by atoms with van der Waals surface area (Å²) in [6, 6.07) is 24.4. The molecule has 3 nitrogen and oxygen atoms in total. The topological polar surface area (TPSA) is 53.0 Å². The molecule has 0 atom stereocenters. The summed E-state index contributed by atoms with van der Waals surface area (Å²) in [5.74, 6) is 0. The zero-order chi connectivity index (χ0) is 19.5. The van der Waals surface area contributed by atoms with Gasteiger partial charge in [0.2, 0.25) is 0 Å². The quantitative estimate of drug-likeness (QED) is 0.256. The van der Waals surface area contributed by atoms with Crippen LogP contribution in [0.25, 0.3) is 11.6 Å². The van der Waals surface area contributed by atoms with Gasteiger partial charge in [0.05, 0.1) is 23.0 Å². The molecular formula is C24H19N3S. The van der Waals surface area contributed by atoms with Crippen LogP contribution in [0.3, 0.4) is 0 Å². The molecule has 0 aliphatic carbocycles. The third-order valence-corrected chi connectivity index (χ3v) is 5.73. The third kappa shape index (κ3) is 3.40. The SMILES string of the molecule is C=CCN1c2ccccc2Sc2cc(/C=C(/C#N)c3ccc(N)cc3)ccc21. The van der Waals surface area contributed by atoms with Crippen LogP contribution in [0, 0.1) is 11.3 Å². The van der Waals surface area contributed by atoms with Crippen LogP contribution < -0.4 is 10.6 Å². The van der Waals surface area contributed by atoms with Gasteiger partial charge in [-0.3, -0.25) is 0 Å². The fourth-order valence-electron chi connectivity index (χ4n) is 3.28. The highest BCUT2D eigenvalue weighted by atomic mass is 32.2. The maximum atomic E-state index is 9.62. The first kappa shape index (κ1) is 18.0. The van der Waals surface area contributed by atoms with Crippen LogP contribution in [0.1, 0.15) is 11.1 Å². The van der Waals surface area contributed by atoms with E-state index in [1.54, 1.807) is 11.8 Å². The van der Waals surface area contributed by atoms with E-state index < -0.39 is 0 Å². The largest absolute Gasteiger partial charge is 0.399 e. The molecule has 0 bridgehead atoms. The highest BCUT2D eigenvalue weighted by Crippen LogP contribution is 2.48. The molecule has 1 aliphatic heterocycles. The summed E-state index contributed by atoms with van der Waals surface area (Å²) in [7, 11) is 0. The molecule has 0 aromatic heterocycles. The number of anilines is 3. The van der Waals surface area contributed by atoms with E-state index in [0.29, 0.717) is 11.3 Å². The number of nitriles is 1. The molecule has 136 valence electrons. The van der Waals surface area contributed by atoms with Gasteiger partial charge in [0.1, 0.15) is 0 Å². The Morgan fingerprint density at radius 1 is 1.04 bits per heavy atom. The average Bonchev–Trinajstić information content (AvgIpc) is 2.72. The third-order valence-electron chi connectivity index (χ3n) is 4.62. The molecule has 3 aromatic rings. The fourth-order valence-corrected chi connectivity index (χ4v) is 4.42. The lowest BCUT2D eigenvalue weighted by molar-refractivity contribution is 1.03. The van der Waals surface area contributed by atoms with E-state index in [1.807, 2.05) is 36.4 Å². The molecule has 0 amide bonds. The molecule has 0 fully saturated rings. The molecule has 4 heteroatoms. The van der Waals surface area contributed by atoms with Crippen LogP contribution in [-0.4, -0.2) is 6.54 Å². The molecule has 1 aliphatic rings. The average molecular weight is 382 g/mol. The molecule has 0 saturated heterocycles. The number of fused-ring (bicyclic) bond motifs is 2. The van der Waals surface area contributed by atoms with Crippen molar-refractivity contribution in [3.8, 4) is 6.07 Å². The highest BCUT2D eigenvalue weighted by Gasteiger charge is 2.22. The number of allylic oxidation sites excluding steroid dienone is 1. The number of hydrogen-bond acceptors (Lipinski definition) is 4. The Kier molecular flexibility index (Phi) is 4.92. The zero-order valence-electron chi connectivity index (χ0n) is 15.3. The Morgan fingerprint density at radius 3 is 2.54 bits per heavy atom. The molecule has 0 radical (unpaired) electrons. The molecule has 4 rings (SSSR count). The van der Waals surface area contributed by atoms with E-state index in [4.69, 9.17) is 5.73 Å². The highest BCUT2D eigenvalue weighted by molar-refractivity contribution is 7.99. The second kappa shape index (κ2) is 7.67. The van der Waals surface area contributed by atoms with E-state index in [1.165, 1.54) is 15.5 Å². The van der Waals surface area contributed by atoms with Gasteiger partial charge in [-0.1, -0.05) is 48.2 Å². The van der Waals surface area contributed by atoms with Gasteiger partial charge in [0.15, 0.2) is 0 Å². The van der Waals surface area contributed by atoms with Gasteiger partial charge < -0.3 is 10.6 Å². The summed E-state index contributed by atoms with van der Waals surface area (Å²) in [5.41, 5.74) is 11.3. The lowest BCUT2D eigenvalue weighted by atomic mass is 10.0. The first-order chi connectivity index (χ1) is 13.7. The first-order valence-electron chi connectivity index (χ1n) is 8.96. The molecule has 0 saturated carbocycles. The summed E-state index contributed by atoms with van der Waals surface area (Å²) in [5, 5.41) is 9.62. The minimum absolute atomic E-state index is 0.615. The van der Waals surface area contributed by atoms with Crippen LogP contribution in [0.15, 0.2) is 89.2 Å². The van der Waals surface area contributed by atoms with Crippen molar-refractivity contribution in [3.05, 3.63) is 90.5 Å². The van der Waals surface area contributed by atoms with E-state index >= 15 is 0 Å². The summed E-state index contributed by atoms with van der Waals surface area (Å²) in [4.78, 5) is 4.66. The van der Waals surface area contributed by atoms with Gasteiger partial charge >= 0.3 is 0 Å². The van der Waals surface area contributed by atoms with E-state index in [2.05, 4.69) is 60.0 Å². The number of para-hydroxylation sites is 1. The lowest BCUT2D eigenvalue weighted by Crippen LogP contribution is -2.20. The van der Waals surface area contributed by atoms with Crippen LogP contribution in [0.5, 0.6) is 0 Å². The summed E-state index contributed by atoms with van der Waals surface area (Å²) in [6.07, 6.45) is 3.84. The monoisotopic (exact) mass is 381 g/mol. The minimum Gasteiger partial charge on any atom is -0.399 e. The number of nitrogen functional groups attached to an aromatic ring is 1. The van der Waals surface area contributed by atoms with Crippen molar-refractivity contribution in [2.24, 2.45) is 0 Å². The Hall–Kier alpha value is -3.42. The molecule has 2 N–H and O–H groups in total. The lowest BCUT2D eigenvalue weighted by Gasteiger charge is -2.32. The summed E-state index contributed by atoms with van der Waals surface area (Å²) in [6.45, 7) is 4.65. The Balaban J connectivity index is 1.74. The second-order valence-electron chi connectivity index (χ2n) is 6.49. The number of hydrogen-bond donors (Lipinski definition) is 1. The van der Waals surface area contributed by atoms with E-state index in [-0.39, 0.29) is 0 Å². The molecular weight excluding hydrogens is 362 g/mol. The van der Waals surface area contributed by atoms with Gasteiger partial charge in [0, 0.05) is 22.0 Å². The standard InChI is InChI=1S/C24H19N3S/c1-2-13-27-21-5-3-4-6-23(21)28-24-15-17(7-12-22(24)27)14-19(16-25)18-8-10-20(26)11-9-18/h2-12,14-15H,1,13,26H2/b19-14-. The Bertz CT molecular complexity index is 1110. The van der Waals surface area contributed by atoms with Gasteiger partial charge in [-0.2, -0.15) is 5.26 Å². The number of rotatable bonds is 4. The smallest absolute Gasteiger partial charge is 0.0998 e. The van der Waals surface area contributed by atoms with Crippen molar-refractivity contribution in [2.75, 3.05) is 17.2 Å². The van der Waals surface area contributed by atoms with Gasteiger partial charge in [0.25, 0.3) is 0 Å². The minimum atomic E-state index is 0.615. The normalized spacial score (nSPS) is 12.7. The van der Waals surface area contributed by atoms with Crippen LogP contribution in [0.2, 0.25) is 0 Å². The van der Waals surface area contributed by atoms with Crippen LogP contribution >= 0.6 is 11.8 Å². The number of nitrogens with zero attached hydrogens (tertiary/aromatic N) is 2. The van der Waals surface area contributed by atoms with Crippen molar-refractivity contribution < 1.29 is 0 Å². The van der Waals surface area contributed by atoms with Gasteiger partial charge in [-0.05, 0) is 53.6 Å². The molecule has 0 spiro atoms.